The van der Waals surface area contributed by atoms with Gasteiger partial charge < -0.3 is 10.1 Å². The zero-order chi connectivity index (χ0) is 14.1. The number of rotatable bonds is 8. The van der Waals surface area contributed by atoms with Gasteiger partial charge in [0.25, 0.3) is 0 Å². The highest BCUT2D eigenvalue weighted by Gasteiger charge is 2.17. The first kappa shape index (κ1) is 15.7. The van der Waals surface area contributed by atoms with Crippen LogP contribution in [-0.4, -0.2) is 19.1 Å². The number of methoxy groups -OCH3 is 1. The third-order valence-electron chi connectivity index (χ3n) is 3.32. The quantitative estimate of drug-likeness (QED) is 0.733. The molecule has 19 heavy (non-hydrogen) atoms. The second-order valence-corrected chi connectivity index (χ2v) is 4.77. The number of carbonyl (C=O) groups excluding carboxylic acids is 1. The van der Waals surface area contributed by atoms with E-state index >= 15 is 0 Å². The monoisotopic (exact) mass is 263 g/mol. The van der Waals surface area contributed by atoms with Crippen LogP contribution in [0.25, 0.3) is 0 Å². The first-order chi connectivity index (χ1) is 9.21. The van der Waals surface area contributed by atoms with Crippen LogP contribution in [0.2, 0.25) is 0 Å². The smallest absolute Gasteiger partial charge is 0.322 e. The molecule has 0 saturated heterocycles. The van der Waals surface area contributed by atoms with Crippen molar-refractivity contribution >= 4 is 5.97 Å². The summed E-state index contributed by atoms with van der Waals surface area (Å²) in [5, 5.41) is 3.28. The van der Waals surface area contributed by atoms with Gasteiger partial charge in [0.2, 0.25) is 0 Å². The van der Waals surface area contributed by atoms with Crippen LogP contribution in [0.1, 0.15) is 44.2 Å². The Bertz CT molecular complexity index is 373. The summed E-state index contributed by atoms with van der Waals surface area (Å²) in [4.78, 5) is 11.7. The third-order valence-corrected chi connectivity index (χ3v) is 3.32. The molecule has 3 heteroatoms. The molecule has 0 aromatic heterocycles. The van der Waals surface area contributed by atoms with Gasteiger partial charge >= 0.3 is 5.97 Å². The van der Waals surface area contributed by atoms with E-state index in [2.05, 4.69) is 43.4 Å². The summed E-state index contributed by atoms with van der Waals surface area (Å²) >= 11 is 0. The molecule has 0 aliphatic rings. The fourth-order valence-corrected chi connectivity index (χ4v) is 1.99. The molecule has 1 N–H and O–H groups in total. The fourth-order valence-electron chi connectivity index (χ4n) is 1.99. The first-order valence-electron chi connectivity index (χ1n) is 7.10. The van der Waals surface area contributed by atoms with E-state index in [0.29, 0.717) is 6.54 Å². The Kier molecular flexibility index (Phi) is 7.19. The Balaban J connectivity index is 2.51. The van der Waals surface area contributed by atoms with Crippen LogP contribution in [-0.2, 0) is 22.5 Å². The Morgan fingerprint density at radius 2 is 1.84 bits per heavy atom. The molecule has 0 amide bonds. The van der Waals surface area contributed by atoms with Crippen LogP contribution in [0, 0.1) is 0 Å². The molecule has 0 aliphatic heterocycles. The maximum Gasteiger partial charge on any atom is 0.322 e. The van der Waals surface area contributed by atoms with Gasteiger partial charge in [-0.2, -0.15) is 0 Å². The van der Waals surface area contributed by atoms with E-state index in [4.69, 9.17) is 4.74 Å². The van der Waals surface area contributed by atoms with E-state index < -0.39 is 0 Å². The molecule has 0 spiro atoms. The first-order valence-corrected chi connectivity index (χ1v) is 7.10. The largest absolute Gasteiger partial charge is 0.468 e. The number of hydrogen-bond acceptors (Lipinski definition) is 3. The van der Waals surface area contributed by atoms with Crippen molar-refractivity contribution in [2.75, 3.05) is 7.11 Å². The fraction of sp³-hybridized carbons (Fsp3) is 0.562. The molecule has 0 unspecified atom stereocenters. The molecular weight excluding hydrogens is 238 g/mol. The molecule has 3 nitrogen and oxygen atoms in total. The highest BCUT2D eigenvalue weighted by Crippen LogP contribution is 2.07. The molecule has 0 bridgehead atoms. The minimum Gasteiger partial charge on any atom is -0.468 e. The molecule has 0 heterocycles. The lowest BCUT2D eigenvalue weighted by atomic mass is 10.1. The molecule has 0 aliphatic carbocycles. The standard InChI is InChI=1S/C16H25NO2/c1-4-6-7-15(16(18)19-3)17-12-14-10-8-13(5-2)9-11-14/h8-11,15,17H,4-7,12H2,1-3H3/t15-/m0/s1. The average Bonchev–Trinajstić information content (AvgIpc) is 2.47. The topological polar surface area (TPSA) is 38.3 Å². The van der Waals surface area contributed by atoms with E-state index in [0.717, 1.165) is 25.7 Å². The van der Waals surface area contributed by atoms with Crippen molar-refractivity contribution in [3.8, 4) is 0 Å². The van der Waals surface area contributed by atoms with Crippen molar-refractivity contribution in [1.29, 1.82) is 0 Å². The van der Waals surface area contributed by atoms with Gasteiger partial charge in [-0.15, -0.1) is 0 Å². The SMILES string of the molecule is CCCC[C@H](NCc1ccc(CC)cc1)C(=O)OC. The Morgan fingerprint density at radius 3 is 2.37 bits per heavy atom. The Hall–Kier alpha value is -1.35. The maximum atomic E-state index is 11.7. The van der Waals surface area contributed by atoms with Gasteiger partial charge in [-0.25, -0.2) is 0 Å². The number of aryl methyl sites for hydroxylation is 1. The number of nitrogens with one attached hydrogen (secondary N) is 1. The molecular formula is C16H25NO2. The second kappa shape index (κ2) is 8.70. The van der Waals surface area contributed by atoms with Crippen LogP contribution < -0.4 is 5.32 Å². The summed E-state index contributed by atoms with van der Waals surface area (Å²) in [6.07, 6.45) is 3.99. The predicted octanol–water partition coefficient (Wildman–Crippen LogP) is 3.07. The normalized spacial score (nSPS) is 12.2. The van der Waals surface area contributed by atoms with Gasteiger partial charge in [0.05, 0.1) is 7.11 Å². The summed E-state index contributed by atoms with van der Waals surface area (Å²) in [6.45, 7) is 4.97. The number of carbonyl (C=O) groups is 1. The van der Waals surface area contributed by atoms with Crippen molar-refractivity contribution in [3.05, 3.63) is 35.4 Å². The minimum absolute atomic E-state index is 0.168. The average molecular weight is 263 g/mol. The zero-order valence-electron chi connectivity index (χ0n) is 12.2. The summed E-state index contributed by atoms with van der Waals surface area (Å²) in [7, 11) is 1.44. The molecule has 1 aromatic carbocycles. The lowest BCUT2D eigenvalue weighted by molar-refractivity contribution is -0.143. The molecule has 0 radical (unpaired) electrons. The van der Waals surface area contributed by atoms with Crippen LogP contribution in [0.3, 0.4) is 0 Å². The van der Waals surface area contributed by atoms with Crippen LogP contribution in [0.4, 0.5) is 0 Å². The van der Waals surface area contributed by atoms with Crippen LogP contribution >= 0.6 is 0 Å². The number of hydrogen-bond donors (Lipinski definition) is 1. The molecule has 1 rings (SSSR count). The summed E-state index contributed by atoms with van der Waals surface area (Å²) in [5.74, 6) is -0.168. The molecule has 0 fully saturated rings. The van der Waals surface area contributed by atoms with Crippen molar-refractivity contribution in [2.45, 2.75) is 52.1 Å². The highest BCUT2D eigenvalue weighted by atomic mass is 16.5. The number of benzene rings is 1. The van der Waals surface area contributed by atoms with Crippen LogP contribution in [0.5, 0.6) is 0 Å². The van der Waals surface area contributed by atoms with E-state index in [1.165, 1.54) is 18.2 Å². The van der Waals surface area contributed by atoms with Gasteiger partial charge in [-0.1, -0.05) is 51.0 Å². The lowest BCUT2D eigenvalue weighted by Crippen LogP contribution is -2.37. The minimum atomic E-state index is -0.198. The predicted molar refractivity (Wildman–Crippen MR) is 78.0 cm³/mol. The Labute approximate surface area is 116 Å². The summed E-state index contributed by atoms with van der Waals surface area (Å²) in [6, 6.07) is 8.29. The van der Waals surface area contributed by atoms with E-state index in [1.54, 1.807) is 0 Å². The molecule has 106 valence electrons. The third kappa shape index (κ3) is 5.43. The molecule has 0 saturated carbocycles. The number of unbranched alkanes of at least 4 members (excludes halogenated alkanes) is 1. The highest BCUT2D eigenvalue weighted by molar-refractivity contribution is 5.75. The van der Waals surface area contributed by atoms with E-state index in [-0.39, 0.29) is 12.0 Å². The number of ether oxygens (including phenoxy) is 1. The summed E-state index contributed by atoms with van der Waals surface area (Å²) in [5.41, 5.74) is 2.53. The van der Waals surface area contributed by atoms with Crippen molar-refractivity contribution in [2.24, 2.45) is 0 Å². The van der Waals surface area contributed by atoms with Gasteiger partial charge in [0.15, 0.2) is 0 Å². The van der Waals surface area contributed by atoms with Gasteiger partial charge in [0, 0.05) is 6.54 Å². The molecule has 1 aromatic rings. The van der Waals surface area contributed by atoms with Crippen molar-refractivity contribution in [3.63, 3.8) is 0 Å². The van der Waals surface area contributed by atoms with Gasteiger partial charge in [0.1, 0.15) is 6.04 Å². The molecule has 1 atom stereocenters. The van der Waals surface area contributed by atoms with Gasteiger partial charge in [-0.3, -0.25) is 4.79 Å². The van der Waals surface area contributed by atoms with Crippen LogP contribution in [0.15, 0.2) is 24.3 Å². The lowest BCUT2D eigenvalue weighted by Gasteiger charge is -2.16. The van der Waals surface area contributed by atoms with Crippen molar-refractivity contribution < 1.29 is 9.53 Å². The number of esters is 1. The van der Waals surface area contributed by atoms with Gasteiger partial charge in [-0.05, 0) is 24.0 Å². The van der Waals surface area contributed by atoms with E-state index in [1.807, 2.05) is 0 Å². The van der Waals surface area contributed by atoms with E-state index in [9.17, 15) is 4.79 Å². The zero-order valence-corrected chi connectivity index (χ0v) is 12.2. The second-order valence-electron chi connectivity index (χ2n) is 4.77. The maximum absolute atomic E-state index is 11.7. The van der Waals surface area contributed by atoms with Crippen molar-refractivity contribution in [1.82, 2.24) is 5.32 Å². The Morgan fingerprint density at radius 1 is 1.21 bits per heavy atom. The summed E-state index contributed by atoms with van der Waals surface area (Å²) < 4.78 is 4.83.